The number of likely N-dealkylation sites (N-methyl/N-ethyl adjacent to an activating group) is 1. The van der Waals surface area contributed by atoms with Crippen molar-refractivity contribution in [2.24, 2.45) is 16.8 Å². The molecule has 0 aliphatic heterocycles. The number of amides is 7. The minimum absolute atomic E-state index is 0.0216. The van der Waals surface area contributed by atoms with Gasteiger partial charge in [0.2, 0.25) is 29.5 Å². The zero-order chi connectivity index (χ0) is 50.3. The largest absolute Gasteiger partial charge is 0.476 e. The van der Waals surface area contributed by atoms with Crippen LogP contribution in [0.4, 0.5) is 21.1 Å². The molecule has 0 bridgehead atoms. The summed E-state index contributed by atoms with van der Waals surface area (Å²) in [7, 11) is 3.89. The number of anilines is 2. The molecule has 4 aromatic rings. The van der Waals surface area contributed by atoms with Crippen molar-refractivity contribution in [3.63, 3.8) is 0 Å². The van der Waals surface area contributed by atoms with Crippen molar-refractivity contribution >= 4 is 58.4 Å². The average Bonchev–Trinajstić information content (AvgIpc) is 3.62. The van der Waals surface area contributed by atoms with Gasteiger partial charge in [-0.05, 0) is 74.5 Å². The van der Waals surface area contributed by atoms with E-state index in [0.29, 0.717) is 42.3 Å². The lowest BCUT2D eigenvalue weighted by atomic mass is 10.0. The Hall–Kier alpha value is -7.99. The van der Waals surface area contributed by atoms with Crippen molar-refractivity contribution in [1.82, 2.24) is 50.7 Å². The predicted octanol–water partition coefficient (Wildman–Crippen LogP) is 2.26. The van der Waals surface area contributed by atoms with Crippen LogP contribution in [0.1, 0.15) is 64.0 Å². The summed E-state index contributed by atoms with van der Waals surface area (Å²) in [5.74, 6) is -2.23. The Bertz CT molecular complexity index is 2470. The second kappa shape index (κ2) is 27.6. The lowest BCUT2D eigenvalue weighted by Gasteiger charge is -2.25. The molecule has 26 nitrogen and oxygen atoms in total. The first-order valence-electron chi connectivity index (χ1n) is 22.2. The third-order valence-electron chi connectivity index (χ3n) is 9.81. The number of azide groups is 1. The predicted molar refractivity (Wildman–Crippen MR) is 252 cm³/mol. The number of ether oxygens (including phenoxy) is 3. The number of nitrogens with one attached hydrogen (secondary N) is 7. The highest BCUT2D eigenvalue weighted by Crippen LogP contribution is 2.22. The van der Waals surface area contributed by atoms with Crippen molar-refractivity contribution in [1.29, 1.82) is 0 Å². The van der Waals surface area contributed by atoms with Crippen LogP contribution in [0.2, 0.25) is 0 Å². The average molecular weight is 961 g/mol. The number of aromatic nitrogens is 5. The Morgan fingerprint density at radius 2 is 1.65 bits per heavy atom. The van der Waals surface area contributed by atoms with E-state index in [2.05, 4.69) is 61.9 Å². The molecule has 0 saturated carbocycles. The number of pyridine rings is 1. The van der Waals surface area contributed by atoms with Crippen LogP contribution in [0.3, 0.4) is 0 Å². The summed E-state index contributed by atoms with van der Waals surface area (Å²) in [5.41, 5.74) is 15.2. The molecule has 3 aromatic heterocycles. The number of hydrogen-bond donors (Lipinski definition) is 8. The highest BCUT2D eigenvalue weighted by Gasteiger charge is 2.29. The monoisotopic (exact) mass is 960 g/mol. The first-order valence-corrected chi connectivity index (χ1v) is 22.2. The van der Waals surface area contributed by atoms with Crippen LogP contribution in [-0.4, -0.2) is 131 Å². The van der Waals surface area contributed by atoms with E-state index >= 15 is 0 Å². The van der Waals surface area contributed by atoms with Crippen LogP contribution in [0, 0.1) is 5.92 Å². The molecule has 0 unspecified atom stereocenters. The van der Waals surface area contributed by atoms with Crippen LogP contribution in [0.5, 0.6) is 11.9 Å². The topological polar surface area (TPSA) is 357 Å². The number of alkyl carbamates (subject to hydrolysis) is 1. The van der Waals surface area contributed by atoms with E-state index in [0.717, 1.165) is 6.54 Å². The van der Waals surface area contributed by atoms with Gasteiger partial charge in [0.15, 0.2) is 11.5 Å². The Balaban J connectivity index is 1.27. The molecule has 0 saturated heterocycles. The van der Waals surface area contributed by atoms with Gasteiger partial charge in [-0.15, -0.1) is 0 Å². The molecule has 0 fully saturated rings. The van der Waals surface area contributed by atoms with E-state index in [1.54, 1.807) is 56.4 Å². The molecule has 372 valence electrons. The number of aromatic amines is 1. The third-order valence-corrected chi connectivity index (χ3v) is 9.81. The Morgan fingerprint density at radius 1 is 0.913 bits per heavy atom. The quantitative estimate of drug-likeness (QED) is 0.0175. The summed E-state index contributed by atoms with van der Waals surface area (Å²) in [6, 6.07) is 6.99. The third kappa shape index (κ3) is 18.3. The number of benzene rings is 1. The molecule has 0 radical (unpaired) electrons. The Kier molecular flexibility index (Phi) is 21.5. The van der Waals surface area contributed by atoms with Gasteiger partial charge >= 0.3 is 23.8 Å². The maximum absolute atomic E-state index is 13.4. The number of nitrogens with two attached hydrogens (primary N) is 1. The van der Waals surface area contributed by atoms with Crippen LogP contribution in [-0.2, 0) is 37.1 Å². The lowest BCUT2D eigenvalue weighted by Crippen LogP contribution is -2.55. The SMILES string of the molecule is CCCOc1nc(NC(=O)CCCNC(=O)OCc2ccc(NC(=O)[C@H](CCCNC(N)=O)NC(=O)[C@@H](NC(=O)CN=[N+]=[N-])C(C)C)cc2)c2[nH]c(=O)n(Cc3ccc(OCCN(C)C)nc3)c2n1. The number of nitrogens with zero attached hydrogens (tertiary/aromatic N) is 8. The van der Waals surface area contributed by atoms with E-state index in [1.165, 1.54) is 4.57 Å². The summed E-state index contributed by atoms with van der Waals surface area (Å²) in [5, 5.41) is 18.8. The second-order valence-corrected chi connectivity index (χ2v) is 16.1. The van der Waals surface area contributed by atoms with E-state index in [4.69, 9.17) is 25.5 Å². The van der Waals surface area contributed by atoms with E-state index in [9.17, 15) is 33.6 Å². The fraction of sp³-hybridized carbons (Fsp3) is 0.488. The number of carbonyl (C=O) groups is 6. The Labute approximate surface area is 396 Å². The first kappa shape index (κ1) is 53.6. The van der Waals surface area contributed by atoms with Crippen molar-refractivity contribution in [3.8, 4) is 11.9 Å². The van der Waals surface area contributed by atoms with Crippen molar-refractivity contribution < 1.29 is 43.0 Å². The maximum Gasteiger partial charge on any atom is 0.407 e. The summed E-state index contributed by atoms with van der Waals surface area (Å²) in [4.78, 5) is 109. The molecule has 26 heteroatoms. The van der Waals surface area contributed by atoms with Crippen molar-refractivity contribution in [3.05, 3.63) is 74.6 Å². The van der Waals surface area contributed by atoms with E-state index in [-0.39, 0.29) is 80.8 Å². The molecule has 2 atom stereocenters. The van der Waals surface area contributed by atoms with Crippen LogP contribution in [0.15, 0.2) is 52.5 Å². The van der Waals surface area contributed by atoms with Gasteiger partial charge in [-0.3, -0.25) is 23.7 Å². The Morgan fingerprint density at radius 3 is 2.32 bits per heavy atom. The molecule has 1 aromatic carbocycles. The van der Waals surface area contributed by atoms with E-state index < -0.39 is 60.1 Å². The number of hydrogen-bond acceptors (Lipinski definition) is 15. The molecular weight excluding hydrogens is 901 g/mol. The summed E-state index contributed by atoms with van der Waals surface area (Å²) in [6.07, 6.45) is 2.12. The van der Waals surface area contributed by atoms with Crippen LogP contribution in [0.25, 0.3) is 21.6 Å². The van der Waals surface area contributed by atoms with Crippen molar-refractivity contribution in [2.75, 3.05) is 64.1 Å². The second-order valence-electron chi connectivity index (χ2n) is 16.1. The highest BCUT2D eigenvalue weighted by molar-refractivity contribution is 5.99. The number of fused-ring (bicyclic) bond motifs is 1. The molecule has 9 N–H and O–H groups in total. The fourth-order valence-electron chi connectivity index (χ4n) is 6.26. The van der Waals surface area contributed by atoms with Gasteiger partial charge in [0.25, 0.3) is 0 Å². The summed E-state index contributed by atoms with van der Waals surface area (Å²) >= 11 is 0. The smallest absolute Gasteiger partial charge is 0.407 e. The van der Waals surface area contributed by atoms with Crippen molar-refractivity contribution in [2.45, 2.75) is 78.1 Å². The molecule has 7 amide bonds. The van der Waals surface area contributed by atoms with Gasteiger partial charge < -0.3 is 61.7 Å². The normalized spacial score (nSPS) is 11.8. The van der Waals surface area contributed by atoms with Gasteiger partial charge in [-0.2, -0.15) is 9.97 Å². The number of H-pyrrole nitrogens is 1. The maximum atomic E-state index is 13.4. The first-order chi connectivity index (χ1) is 33.1. The number of rotatable bonds is 28. The number of primary amides is 1. The standard InChI is InChI=1S/C43H60N16O10/c1-6-20-68-41-55-36(35-37(56-41)59(42(65)54-35)24-28-13-16-33(48-22-28)67-21-19-58(4)5)53-31(60)10-8-18-47-43(66)69-25-27-11-14-29(15-12-27)50-38(62)30(9-7-17-46-40(44)64)51-39(63)34(26(2)3)52-32(61)23-49-57-45/h11-16,22,26,30,34H,6-10,17-21,23-25H2,1-5H3,(H,47,66)(H,50,62)(H,51,63)(H,52,61)(H,54,65)(H3,44,46,64)(H,53,55,56,60)/t30-,34-/m0/s1. The molecule has 0 aliphatic rings. The van der Waals surface area contributed by atoms with Gasteiger partial charge in [-0.25, -0.2) is 19.4 Å². The zero-order valence-corrected chi connectivity index (χ0v) is 39.2. The number of carbonyl (C=O) groups excluding carboxylic acids is 6. The van der Waals surface area contributed by atoms with E-state index in [1.807, 2.05) is 25.9 Å². The fourth-order valence-corrected chi connectivity index (χ4v) is 6.26. The highest BCUT2D eigenvalue weighted by atomic mass is 16.5. The number of urea groups is 1. The van der Waals surface area contributed by atoms with Gasteiger partial charge in [0, 0.05) is 48.9 Å². The molecule has 3 heterocycles. The molecule has 4 rings (SSSR count). The van der Waals surface area contributed by atoms with Crippen LogP contribution < -0.4 is 52.8 Å². The number of imidazole rings is 1. The minimum atomic E-state index is -1.09. The molecule has 0 aliphatic carbocycles. The minimum Gasteiger partial charge on any atom is -0.476 e. The summed E-state index contributed by atoms with van der Waals surface area (Å²) < 4.78 is 18.1. The molecule has 69 heavy (non-hydrogen) atoms. The lowest BCUT2D eigenvalue weighted by molar-refractivity contribution is -0.131. The molecule has 0 spiro atoms. The summed E-state index contributed by atoms with van der Waals surface area (Å²) in [6.45, 7) is 6.51. The van der Waals surface area contributed by atoms with Gasteiger partial charge in [-0.1, -0.05) is 44.1 Å². The van der Waals surface area contributed by atoms with Gasteiger partial charge in [0.1, 0.15) is 37.4 Å². The molecular formula is C43H60N16O10. The van der Waals surface area contributed by atoms with Crippen LogP contribution >= 0.6 is 0 Å². The zero-order valence-electron chi connectivity index (χ0n) is 39.2. The van der Waals surface area contributed by atoms with Gasteiger partial charge in [0.05, 0.1) is 13.2 Å².